The van der Waals surface area contributed by atoms with Gasteiger partial charge in [-0.3, -0.25) is 9.59 Å². The van der Waals surface area contributed by atoms with E-state index in [0.717, 1.165) is 5.69 Å². The van der Waals surface area contributed by atoms with Gasteiger partial charge in [-0.05, 0) is 24.3 Å². The average molecular weight is 251 g/mol. The minimum atomic E-state index is -0.903. The largest absolute Gasteiger partial charge is 0.481 e. The predicted octanol–water partition coefficient (Wildman–Crippen LogP) is 2.35. The smallest absolute Gasteiger partial charge is 0.307 e. The molecule has 2 atom stereocenters. The molecule has 2 N–H and O–H groups in total. The molecule has 5 heteroatoms. The lowest BCUT2D eigenvalue weighted by Gasteiger charge is -2.23. The summed E-state index contributed by atoms with van der Waals surface area (Å²) < 4.78 is 0. The Balaban J connectivity index is 2.07. The Hall–Kier alpha value is -1.62. The molecule has 90 valence electrons. The minimum Gasteiger partial charge on any atom is -0.481 e. The van der Waals surface area contributed by atoms with Gasteiger partial charge in [0.2, 0.25) is 5.91 Å². The number of aliphatic carboxylic acids is 1. The number of rotatable bonds is 3. The maximum Gasteiger partial charge on any atom is 0.307 e. The first-order valence-corrected chi connectivity index (χ1v) is 6.33. The van der Waals surface area contributed by atoms with E-state index in [4.69, 9.17) is 5.11 Å². The molecule has 1 aliphatic rings. The molecule has 0 bridgehead atoms. The highest BCUT2D eigenvalue weighted by atomic mass is 32.1. The zero-order chi connectivity index (χ0) is 12.3. The highest BCUT2D eigenvalue weighted by molar-refractivity contribution is 7.08. The highest BCUT2D eigenvalue weighted by Crippen LogP contribution is 2.27. The lowest BCUT2D eigenvalue weighted by molar-refractivity contribution is -0.146. The number of anilines is 1. The van der Waals surface area contributed by atoms with Gasteiger partial charge in [0.1, 0.15) is 0 Å². The Morgan fingerprint density at radius 1 is 1.29 bits per heavy atom. The number of carboxylic acid groups (broad SMARTS) is 1. The molecule has 1 aromatic heterocycles. The molecular weight excluding hydrogens is 238 g/mol. The van der Waals surface area contributed by atoms with Crippen molar-refractivity contribution >= 4 is 28.9 Å². The maximum atomic E-state index is 12.0. The topological polar surface area (TPSA) is 66.4 Å². The molecular formula is C12H13NO3S. The molecule has 2 rings (SSSR count). The predicted molar refractivity (Wildman–Crippen MR) is 65.9 cm³/mol. The van der Waals surface area contributed by atoms with Crippen molar-refractivity contribution in [3.63, 3.8) is 0 Å². The molecule has 0 saturated carbocycles. The Bertz CT molecular complexity index is 439. The standard InChI is InChI=1S/C12H13NO3S/c14-11(13-8-5-6-17-7-8)9-3-1-2-4-10(9)12(15)16/h1-2,5-7,9-10H,3-4H2,(H,13,14)(H,15,16)/t9-,10+/m1/s1. The van der Waals surface area contributed by atoms with E-state index in [1.165, 1.54) is 11.3 Å². The van der Waals surface area contributed by atoms with E-state index >= 15 is 0 Å². The van der Waals surface area contributed by atoms with Crippen LogP contribution in [0.5, 0.6) is 0 Å². The average Bonchev–Trinajstić information content (AvgIpc) is 2.81. The fourth-order valence-electron chi connectivity index (χ4n) is 1.95. The van der Waals surface area contributed by atoms with E-state index in [2.05, 4.69) is 5.32 Å². The molecule has 1 aliphatic carbocycles. The summed E-state index contributed by atoms with van der Waals surface area (Å²) in [6.07, 6.45) is 4.62. The van der Waals surface area contributed by atoms with Gasteiger partial charge in [0.15, 0.2) is 0 Å². The second-order valence-electron chi connectivity index (χ2n) is 4.00. The van der Waals surface area contributed by atoms with Crippen molar-refractivity contribution in [3.05, 3.63) is 29.0 Å². The van der Waals surface area contributed by atoms with Crippen LogP contribution in [0.15, 0.2) is 29.0 Å². The fourth-order valence-corrected chi connectivity index (χ4v) is 2.54. The molecule has 1 amide bonds. The first-order chi connectivity index (χ1) is 8.18. The number of thiophene rings is 1. The van der Waals surface area contributed by atoms with Gasteiger partial charge in [-0.15, -0.1) is 0 Å². The summed E-state index contributed by atoms with van der Waals surface area (Å²) in [7, 11) is 0. The van der Waals surface area contributed by atoms with Crippen LogP contribution in [0.1, 0.15) is 12.8 Å². The number of allylic oxidation sites excluding steroid dienone is 2. The molecule has 0 spiro atoms. The molecule has 0 radical (unpaired) electrons. The van der Waals surface area contributed by atoms with Crippen LogP contribution in [0.25, 0.3) is 0 Å². The monoisotopic (exact) mass is 251 g/mol. The lowest BCUT2D eigenvalue weighted by Crippen LogP contribution is -2.34. The van der Waals surface area contributed by atoms with Gasteiger partial charge in [-0.2, -0.15) is 11.3 Å². The fraction of sp³-hybridized carbons (Fsp3) is 0.333. The Morgan fingerprint density at radius 2 is 2.00 bits per heavy atom. The number of nitrogens with one attached hydrogen (secondary N) is 1. The zero-order valence-electron chi connectivity index (χ0n) is 9.13. The molecule has 0 fully saturated rings. The van der Waals surface area contributed by atoms with Crippen LogP contribution in [-0.4, -0.2) is 17.0 Å². The van der Waals surface area contributed by atoms with E-state index in [1.807, 2.05) is 22.9 Å². The third-order valence-electron chi connectivity index (χ3n) is 2.88. The molecule has 1 aromatic rings. The van der Waals surface area contributed by atoms with E-state index < -0.39 is 17.8 Å². The number of carbonyl (C=O) groups is 2. The molecule has 1 heterocycles. The summed E-state index contributed by atoms with van der Waals surface area (Å²) in [5.74, 6) is -2.20. The molecule has 0 unspecified atom stereocenters. The third-order valence-corrected chi connectivity index (χ3v) is 3.56. The lowest BCUT2D eigenvalue weighted by atomic mass is 9.82. The van der Waals surface area contributed by atoms with Crippen molar-refractivity contribution in [1.82, 2.24) is 0 Å². The molecule has 17 heavy (non-hydrogen) atoms. The summed E-state index contributed by atoms with van der Waals surface area (Å²) in [5.41, 5.74) is 0.735. The summed E-state index contributed by atoms with van der Waals surface area (Å²) in [6.45, 7) is 0. The van der Waals surface area contributed by atoms with Crippen LogP contribution < -0.4 is 5.32 Å². The Labute approximate surface area is 103 Å². The van der Waals surface area contributed by atoms with Crippen molar-refractivity contribution in [1.29, 1.82) is 0 Å². The van der Waals surface area contributed by atoms with Crippen LogP contribution in [0, 0.1) is 11.8 Å². The van der Waals surface area contributed by atoms with Gasteiger partial charge < -0.3 is 10.4 Å². The van der Waals surface area contributed by atoms with Gasteiger partial charge >= 0.3 is 5.97 Å². The minimum absolute atomic E-state index is 0.208. The first kappa shape index (κ1) is 11.9. The van der Waals surface area contributed by atoms with Crippen molar-refractivity contribution < 1.29 is 14.7 Å². The van der Waals surface area contributed by atoms with Crippen LogP contribution in [0.3, 0.4) is 0 Å². The Morgan fingerprint density at radius 3 is 2.59 bits per heavy atom. The quantitative estimate of drug-likeness (QED) is 0.810. The Kier molecular flexibility index (Phi) is 3.58. The number of carboxylic acids is 1. The van der Waals surface area contributed by atoms with Gasteiger partial charge in [-0.25, -0.2) is 0 Å². The summed E-state index contributed by atoms with van der Waals surface area (Å²) in [5, 5.41) is 15.5. The number of carbonyl (C=O) groups excluding carboxylic acids is 1. The second kappa shape index (κ2) is 5.14. The third kappa shape index (κ3) is 2.74. The van der Waals surface area contributed by atoms with E-state index in [-0.39, 0.29) is 5.91 Å². The summed E-state index contributed by atoms with van der Waals surface area (Å²) in [4.78, 5) is 23.0. The van der Waals surface area contributed by atoms with Crippen LogP contribution >= 0.6 is 11.3 Å². The van der Waals surface area contributed by atoms with Crippen LogP contribution in [0.2, 0.25) is 0 Å². The summed E-state index contributed by atoms with van der Waals surface area (Å²) >= 11 is 1.49. The molecule has 0 saturated heterocycles. The van der Waals surface area contributed by atoms with E-state index in [1.54, 1.807) is 6.07 Å². The second-order valence-corrected chi connectivity index (χ2v) is 4.78. The highest BCUT2D eigenvalue weighted by Gasteiger charge is 2.33. The van der Waals surface area contributed by atoms with Crippen LogP contribution in [0.4, 0.5) is 5.69 Å². The van der Waals surface area contributed by atoms with Crippen molar-refractivity contribution in [3.8, 4) is 0 Å². The maximum absolute atomic E-state index is 12.0. The summed E-state index contributed by atoms with van der Waals surface area (Å²) in [6, 6.07) is 1.80. The van der Waals surface area contributed by atoms with Crippen molar-refractivity contribution in [2.45, 2.75) is 12.8 Å². The van der Waals surface area contributed by atoms with E-state index in [9.17, 15) is 9.59 Å². The van der Waals surface area contributed by atoms with E-state index in [0.29, 0.717) is 12.8 Å². The van der Waals surface area contributed by atoms with Gasteiger partial charge in [0, 0.05) is 5.38 Å². The van der Waals surface area contributed by atoms with Crippen molar-refractivity contribution in [2.75, 3.05) is 5.32 Å². The normalized spacial score (nSPS) is 23.3. The SMILES string of the molecule is O=C(O)[C@H]1CC=CC[C@H]1C(=O)Nc1ccsc1. The molecule has 0 aromatic carbocycles. The first-order valence-electron chi connectivity index (χ1n) is 5.39. The number of hydrogen-bond acceptors (Lipinski definition) is 3. The van der Waals surface area contributed by atoms with Gasteiger partial charge in [0.05, 0.1) is 17.5 Å². The molecule has 4 nitrogen and oxygen atoms in total. The number of hydrogen-bond donors (Lipinski definition) is 2. The van der Waals surface area contributed by atoms with Crippen LogP contribution in [-0.2, 0) is 9.59 Å². The zero-order valence-corrected chi connectivity index (χ0v) is 9.94. The molecule has 0 aliphatic heterocycles. The van der Waals surface area contributed by atoms with Gasteiger partial charge in [-0.1, -0.05) is 12.2 Å². The number of amides is 1. The van der Waals surface area contributed by atoms with Gasteiger partial charge in [0.25, 0.3) is 0 Å². The van der Waals surface area contributed by atoms with Crippen molar-refractivity contribution in [2.24, 2.45) is 11.8 Å².